The van der Waals surface area contributed by atoms with Crippen LogP contribution in [0.15, 0.2) is 91.3 Å². The molecular formula is C28H21ClN4O4. The van der Waals surface area contributed by atoms with Crippen molar-refractivity contribution in [2.24, 2.45) is 0 Å². The second-order valence-corrected chi connectivity index (χ2v) is 8.39. The molecule has 0 unspecified atom stereocenters. The lowest BCUT2D eigenvalue weighted by Gasteiger charge is -2.12. The Hall–Kier alpha value is -4.82. The number of hydrogen-bond acceptors (Lipinski definition) is 6. The average molecular weight is 513 g/mol. The SMILES string of the molecule is COc1cc2c(Oc3ccc(NC(=O)Nc4ccc(-c5ccccc5)cc4)c(Cl)c3)ncnc2cc1O. The average Bonchev–Trinajstić information content (AvgIpc) is 2.91. The van der Waals surface area contributed by atoms with Gasteiger partial charge in [0.2, 0.25) is 5.88 Å². The molecule has 0 radical (unpaired) electrons. The minimum absolute atomic E-state index is 0.0384. The Bertz CT molecular complexity index is 1580. The van der Waals surface area contributed by atoms with E-state index in [1.54, 1.807) is 24.3 Å². The molecule has 8 nitrogen and oxygen atoms in total. The summed E-state index contributed by atoms with van der Waals surface area (Å²) in [7, 11) is 1.45. The molecule has 1 heterocycles. The molecule has 9 heteroatoms. The second-order valence-electron chi connectivity index (χ2n) is 7.99. The van der Waals surface area contributed by atoms with Gasteiger partial charge in [0, 0.05) is 17.8 Å². The summed E-state index contributed by atoms with van der Waals surface area (Å²) in [6, 6.07) is 25.0. The first-order valence-corrected chi connectivity index (χ1v) is 11.6. The predicted octanol–water partition coefficient (Wildman–Crippen LogP) is 7.10. The molecule has 1 aromatic heterocycles. The highest BCUT2D eigenvalue weighted by atomic mass is 35.5. The zero-order valence-corrected chi connectivity index (χ0v) is 20.4. The number of aromatic nitrogens is 2. The molecule has 3 N–H and O–H groups in total. The van der Waals surface area contributed by atoms with E-state index < -0.39 is 6.03 Å². The number of methoxy groups -OCH3 is 1. The summed E-state index contributed by atoms with van der Waals surface area (Å²) in [5.74, 6) is 0.894. The van der Waals surface area contributed by atoms with Crippen molar-refractivity contribution in [2.75, 3.05) is 17.7 Å². The minimum Gasteiger partial charge on any atom is -0.504 e. The number of nitrogens with zero attached hydrogens (tertiary/aromatic N) is 2. The maximum atomic E-state index is 12.5. The second kappa shape index (κ2) is 10.4. The number of carbonyl (C=O) groups excluding carboxylic acids is 1. The number of phenolic OH excluding ortho intramolecular Hbond substituents is 1. The Labute approximate surface area is 217 Å². The number of halogens is 1. The predicted molar refractivity (Wildman–Crippen MR) is 144 cm³/mol. The van der Waals surface area contributed by atoms with E-state index >= 15 is 0 Å². The van der Waals surface area contributed by atoms with Gasteiger partial charge in [0.05, 0.1) is 28.7 Å². The Morgan fingerprint density at radius 3 is 2.38 bits per heavy atom. The summed E-state index contributed by atoms with van der Waals surface area (Å²) in [5.41, 5.74) is 3.69. The zero-order chi connectivity index (χ0) is 25.8. The van der Waals surface area contributed by atoms with E-state index in [2.05, 4.69) is 20.6 Å². The van der Waals surface area contributed by atoms with E-state index in [-0.39, 0.29) is 22.4 Å². The van der Waals surface area contributed by atoms with Crippen molar-refractivity contribution in [2.45, 2.75) is 0 Å². The normalized spacial score (nSPS) is 10.6. The zero-order valence-electron chi connectivity index (χ0n) is 19.6. The molecule has 0 atom stereocenters. The quantitative estimate of drug-likeness (QED) is 0.224. The molecule has 0 saturated heterocycles. The van der Waals surface area contributed by atoms with Gasteiger partial charge in [-0.05, 0) is 41.5 Å². The summed E-state index contributed by atoms with van der Waals surface area (Å²) < 4.78 is 11.1. The van der Waals surface area contributed by atoms with Gasteiger partial charge in [0.1, 0.15) is 12.1 Å². The Kier molecular flexibility index (Phi) is 6.74. The number of aromatic hydroxyl groups is 1. The summed E-state index contributed by atoms with van der Waals surface area (Å²) in [4.78, 5) is 20.9. The topological polar surface area (TPSA) is 106 Å². The smallest absolute Gasteiger partial charge is 0.323 e. The molecule has 0 bridgehead atoms. The molecule has 0 spiro atoms. The van der Waals surface area contributed by atoms with Crippen LogP contribution in [0.1, 0.15) is 0 Å². The van der Waals surface area contributed by atoms with E-state index in [1.807, 2.05) is 54.6 Å². The van der Waals surface area contributed by atoms with Crippen LogP contribution in [-0.4, -0.2) is 28.2 Å². The first kappa shape index (κ1) is 23.9. The first-order valence-electron chi connectivity index (χ1n) is 11.2. The maximum absolute atomic E-state index is 12.5. The largest absolute Gasteiger partial charge is 0.504 e. The van der Waals surface area contributed by atoms with E-state index in [1.165, 1.54) is 19.5 Å². The number of anilines is 2. The highest BCUT2D eigenvalue weighted by molar-refractivity contribution is 6.34. The fourth-order valence-electron chi connectivity index (χ4n) is 3.73. The van der Waals surface area contributed by atoms with Crippen molar-refractivity contribution in [1.29, 1.82) is 0 Å². The third kappa shape index (κ3) is 5.39. The van der Waals surface area contributed by atoms with Crippen LogP contribution < -0.4 is 20.1 Å². The lowest BCUT2D eigenvalue weighted by Crippen LogP contribution is -2.19. The van der Waals surface area contributed by atoms with Gasteiger partial charge in [-0.1, -0.05) is 54.1 Å². The third-order valence-corrected chi connectivity index (χ3v) is 5.87. The number of carbonyl (C=O) groups is 1. The van der Waals surface area contributed by atoms with Gasteiger partial charge in [0.15, 0.2) is 11.5 Å². The molecule has 0 aliphatic rings. The van der Waals surface area contributed by atoms with Crippen LogP contribution in [0.5, 0.6) is 23.1 Å². The minimum atomic E-state index is -0.434. The number of amides is 2. The van der Waals surface area contributed by atoms with Crippen molar-refractivity contribution in [1.82, 2.24) is 9.97 Å². The van der Waals surface area contributed by atoms with Gasteiger partial charge >= 0.3 is 6.03 Å². The van der Waals surface area contributed by atoms with Gasteiger partial charge in [-0.3, -0.25) is 0 Å². The number of fused-ring (bicyclic) bond motifs is 1. The van der Waals surface area contributed by atoms with E-state index in [4.69, 9.17) is 21.1 Å². The third-order valence-electron chi connectivity index (χ3n) is 5.55. The Balaban J connectivity index is 1.27. The molecule has 5 rings (SSSR count). The lowest BCUT2D eigenvalue weighted by molar-refractivity contribution is 0.262. The van der Waals surface area contributed by atoms with Crippen LogP contribution in [-0.2, 0) is 0 Å². The van der Waals surface area contributed by atoms with Crippen molar-refractivity contribution in [3.63, 3.8) is 0 Å². The van der Waals surface area contributed by atoms with E-state index in [9.17, 15) is 9.90 Å². The van der Waals surface area contributed by atoms with Gasteiger partial charge < -0.3 is 25.2 Å². The number of phenols is 1. The first-order chi connectivity index (χ1) is 18.0. The van der Waals surface area contributed by atoms with Crippen molar-refractivity contribution < 1.29 is 19.4 Å². The maximum Gasteiger partial charge on any atom is 0.323 e. The molecule has 0 fully saturated rings. The number of hydrogen-bond donors (Lipinski definition) is 3. The van der Waals surface area contributed by atoms with Gasteiger partial charge in [-0.25, -0.2) is 14.8 Å². The lowest BCUT2D eigenvalue weighted by atomic mass is 10.1. The monoisotopic (exact) mass is 512 g/mol. The number of benzene rings is 4. The Morgan fingerprint density at radius 1 is 0.892 bits per heavy atom. The molecule has 4 aromatic carbocycles. The molecule has 184 valence electrons. The summed E-state index contributed by atoms with van der Waals surface area (Å²) in [6.45, 7) is 0. The van der Waals surface area contributed by atoms with Crippen molar-refractivity contribution >= 4 is 39.9 Å². The van der Waals surface area contributed by atoms with Crippen molar-refractivity contribution in [3.05, 3.63) is 96.3 Å². The highest BCUT2D eigenvalue weighted by Gasteiger charge is 2.13. The van der Waals surface area contributed by atoms with Crippen LogP contribution in [0.2, 0.25) is 5.02 Å². The highest BCUT2D eigenvalue weighted by Crippen LogP contribution is 2.36. The molecule has 0 aliphatic heterocycles. The number of rotatable bonds is 6. The van der Waals surface area contributed by atoms with Gasteiger partial charge in [-0.2, -0.15) is 0 Å². The van der Waals surface area contributed by atoms with Crippen LogP contribution in [0.4, 0.5) is 16.2 Å². The van der Waals surface area contributed by atoms with Gasteiger partial charge in [-0.15, -0.1) is 0 Å². The molecule has 2 amide bonds. The summed E-state index contributed by atoms with van der Waals surface area (Å²) >= 11 is 6.41. The fourth-order valence-corrected chi connectivity index (χ4v) is 3.94. The van der Waals surface area contributed by atoms with Gasteiger partial charge in [0.25, 0.3) is 0 Å². The molecule has 5 aromatic rings. The van der Waals surface area contributed by atoms with Crippen LogP contribution >= 0.6 is 11.6 Å². The molecule has 37 heavy (non-hydrogen) atoms. The number of urea groups is 1. The van der Waals surface area contributed by atoms with Crippen LogP contribution in [0.3, 0.4) is 0 Å². The summed E-state index contributed by atoms with van der Waals surface area (Å²) in [5, 5.41) is 16.4. The molecule has 0 saturated carbocycles. The van der Waals surface area contributed by atoms with Crippen LogP contribution in [0, 0.1) is 0 Å². The molecule has 0 aliphatic carbocycles. The number of ether oxygens (including phenoxy) is 2. The standard InChI is InChI=1S/C28H21ClN4O4/c1-36-26-14-21-24(15-25(26)34)30-16-31-27(21)37-20-11-12-23(22(29)13-20)33-28(35)32-19-9-7-18(8-10-19)17-5-3-2-4-6-17/h2-16,34H,1H3,(H2,32,33,35). The fraction of sp³-hybridized carbons (Fsp3) is 0.0357. The van der Waals surface area contributed by atoms with Crippen LogP contribution in [0.25, 0.3) is 22.0 Å². The summed E-state index contributed by atoms with van der Waals surface area (Å²) in [6.07, 6.45) is 1.33. The Morgan fingerprint density at radius 2 is 1.65 bits per heavy atom. The van der Waals surface area contributed by atoms with E-state index in [0.717, 1.165) is 11.1 Å². The van der Waals surface area contributed by atoms with E-state index in [0.29, 0.717) is 28.0 Å². The number of nitrogens with one attached hydrogen (secondary N) is 2. The molecular weight excluding hydrogens is 492 g/mol. The van der Waals surface area contributed by atoms with Crippen molar-refractivity contribution in [3.8, 4) is 34.3 Å².